The zero-order chi connectivity index (χ0) is 16.9. The Labute approximate surface area is 151 Å². The SMILES string of the molecule is C/C(=C/c1ccc(Oc2ccc(Cl)cc2Cl)cc1)Cn1ccnc1. The molecule has 122 valence electrons. The molecule has 0 spiro atoms. The summed E-state index contributed by atoms with van der Waals surface area (Å²) in [5.41, 5.74) is 2.35. The summed E-state index contributed by atoms with van der Waals surface area (Å²) in [5, 5.41) is 1.07. The fourth-order valence-corrected chi connectivity index (χ4v) is 2.76. The lowest BCUT2D eigenvalue weighted by Crippen LogP contribution is -1.95. The average molecular weight is 359 g/mol. The number of allylic oxidation sites excluding steroid dienone is 1. The number of rotatable bonds is 5. The minimum absolute atomic E-state index is 0.489. The molecular weight excluding hydrogens is 343 g/mol. The van der Waals surface area contributed by atoms with Gasteiger partial charge in [0.1, 0.15) is 11.5 Å². The van der Waals surface area contributed by atoms with E-state index in [0.29, 0.717) is 15.8 Å². The second-order valence-electron chi connectivity index (χ2n) is 5.47. The molecule has 1 aromatic heterocycles. The van der Waals surface area contributed by atoms with Crippen LogP contribution >= 0.6 is 23.2 Å². The number of benzene rings is 2. The Morgan fingerprint density at radius 2 is 1.96 bits per heavy atom. The average Bonchev–Trinajstić information content (AvgIpc) is 3.04. The highest BCUT2D eigenvalue weighted by Gasteiger charge is 2.04. The Balaban J connectivity index is 1.68. The number of ether oxygens (including phenoxy) is 1. The molecular formula is C19H16Cl2N2O. The molecule has 0 aliphatic heterocycles. The van der Waals surface area contributed by atoms with E-state index in [0.717, 1.165) is 17.9 Å². The van der Waals surface area contributed by atoms with Gasteiger partial charge in [0.05, 0.1) is 11.3 Å². The molecule has 0 saturated heterocycles. The monoisotopic (exact) mass is 358 g/mol. The van der Waals surface area contributed by atoms with Gasteiger partial charge in [-0.2, -0.15) is 0 Å². The standard InChI is InChI=1S/C19H16Cl2N2O/c1-14(12-23-9-8-22-13-23)10-15-2-5-17(6-3-15)24-19-7-4-16(20)11-18(19)21/h2-11,13H,12H2,1H3/b14-10-. The summed E-state index contributed by atoms with van der Waals surface area (Å²) in [5.74, 6) is 1.31. The molecule has 1 heterocycles. The summed E-state index contributed by atoms with van der Waals surface area (Å²) in [6.45, 7) is 2.91. The minimum Gasteiger partial charge on any atom is -0.456 e. The van der Waals surface area contributed by atoms with E-state index in [1.807, 2.05) is 41.4 Å². The predicted molar refractivity (Wildman–Crippen MR) is 98.9 cm³/mol. The number of aromatic nitrogens is 2. The molecule has 0 atom stereocenters. The van der Waals surface area contributed by atoms with Crippen LogP contribution in [-0.2, 0) is 6.54 Å². The number of halogens is 2. The molecule has 0 bridgehead atoms. The van der Waals surface area contributed by atoms with Crippen LogP contribution < -0.4 is 4.74 Å². The molecule has 3 rings (SSSR count). The van der Waals surface area contributed by atoms with Crippen molar-refractivity contribution in [1.29, 1.82) is 0 Å². The molecule has 0 amide bonds. The second-order valence-corrected chi connectivity index (χ2v) is 6.32. The highest BCUT2D eigenvalue weighted by atomic mass is 35.5. The van der Waals surface area contributed by atoms with Crippen LogP contribution in [0.5, 0.6) is 11.5 Å². The summed E-state index contributed by atoms with van der Waals surface area (Å²) in [6, 6.07) is 13.0. The van der Waals surface area contributed by atoms with E-state index in [-0.39, 0.29) is 0 Å². The predicted octanol–water partition coefficient (Wildman–Crippen LogP) is 6.09. The largest absolute Gasteiger partial charge is 0.456 e. The van der Waals surface area contributed by atoms with E-state index < -0.39 is 0 Å². The highest BCUT2D eigenvalue weighted by molar-refractivity contribution is 6.35. The maximum absolute atomic E-state index is 6.12. The zero-order valence-corrected chi connectivity index (χ0v) is 14.6. The van der Waals surface area contributed by atoms with E-state index in [1.165, 1.54) is 5.57 Å². The minimum atomic E-state index is 0.489. The van der Waals surface area contributed by atoms with Crippen LogP contribution in [0.1, 0.15) is 12.5 Å². The molecule has 2 aromatic carbocycles. The van der Waals surface area contributed by atoms with Gasteiger partial charge < -0.3 is 9.30 Å². The number of imidazole rings is 1. The Hall–Kier alpha value is -2.23. The topological polar surface area (TPSA) is 27.1 Å². The molecule has 24 heavy (non-hydrogen) atoms. The molecule has 0 unspecified atom stereocenters. The third-order valence-corrected chi connectivity index (χ3v) is 3.94. The van der Waals surface area contributed by atoms with Gasteiger partial charge in [-0.25, -0.2) is 4.98 Å². The van der Waals surface area contributed by atoms with Crippen molar-refractivity contribution < 1.29 is 4.74 Å². The third kappa shape index (κ3) is 4.40. The van der Waals surface area contributed by atoms with E-state index in [1.54, 1.807) is 24.4 Å². The van der Waals surface area contributed by atoms with Crippen molar-refractivity contribution in [3.05, 3.63) is 82.4 Å². The summed E-state index contributed by atoms with van der Waals surface area (Å²) in [7, 11) is 0. The maximum Gasteiger partial charge on any atom is 0.146 e. The maximum atomic E-state index is 6.12. The van der Waals surface area contributed by atoms with Gasteiger partial charge in [0.25, 0.3) is 0 Å². The van der Waals surface area contributed by atoms with E-state index in [9.17, 15) is 0 Å². The first kappa shape index (κ1) is 16.6. The zero-order valence-electron chi connectivity index (χ0n) is 13.1. The van der Waals surface area contributed by atoms with Crippen molar-refractivity contribution in [2.45, 2.75) is 13.5 Å². The molecule has 0 fully saturated rings. The smallest absolute Gasteiger partial charge is 0.146 e. The first-order valence-corrected chi connectivity index (χ1v) is 8.21. The van der Waals surface area contributed by atoms with Crippen LogP contribution in [0.2, 0.25) is 10.0 Å². The normalized spacial score (nSPS) is 11.5. The van der Waals surface area contributed by atoms with Gasteiger partial charge in [-0.15, -0.1) is 0 Å². The van der Waals surface area contributed by atoms with Crippen LogP contribution in [-0.4, -0.2) is 9.55 Å². The molecule has 0 radical (unpaired) electrons. The Kier molecular flexibility index (Phi) is 5.24. The summed E-state index contributed by atoms with van der Waals surface area (Å²) in [6.07, 6.45) is 7.68. The molecule has 3 nitrogen and oxygen atoms in total. The van der Waals surface area contributed by atoms with Crippen molar-refractivity contribution in [3.8, 4) is 11.5 Å². The summed E-state index contributed by atoms with van der Waals surface area (Å²) in [4.78, 5) is 4.05. The van der Waals surface area contributed by atoms with E-state index in [4.69, 9.17) is 27.9 Å². The molecule has 0 aliphatic carbocycles. The van der Waals surface area contributed by atoms with Crippen LogP contribution in [0.15, 0.2) is 66.8 Å². The Morgan fingerprint density at radius 3 is 2.62 bits per heavy atom. The van der Waals surface area contributed by atoms with Crippen molar-refractivity contribution in [2.75, 3.05) is 0 Å². The van der Waals surface area contributed by atoms with Gasteiger partial charge in [-0.05, 0) is 42.8 Å². The van der Waals surface area contributed by atoms with Gasteiger partial charge in [0, 0.05) is 24.0 Å². The van der Waals surface area contributed by atoms with Crippen LogP contribution in [0.4, 0.5) is 0 Å². The second kappa shape index (κ2) is 7.56. The first-order valence-electron chi connectivity index (χ1n) is 7.46. The third-order valence-electron chi connectivity index (χ3n) is 3.41. The van der Waals surface area contributed by atoms with Crippen molar-refractivity contribution >= 4 is 29.3 Å². The number of hydrogen-bond donors (Lipinski definition) is 0. The van der Waals surface area contributed by atoms with Gasteiger partial charge in [0.15, 0.2) is 0 Å². The fraction of sp³-hybridized carbons (Fsp3) is 0.105. The van der Waals surface area contributed by atoms with Gasteiger partial charge in [-0.1, -0.05) is 47.0 Å². The number of nitrogens with zero attached hydrogens (tertiary/aromatic N) is 2. The summed E-state index contributed by atoms with van der Waals surface area (Å²) < 4.78 is 7.82. The van der Waals surface area contributed by atoms with Gasteiger partial charge >= 0.3 is 0 Å². The Bertz CT molecular complexity index is 840. The van der Waals surface area contributed by atoms with Gasteiger partial charge in [-0.3, -0.25) is 0 Å². The first-order chi connectivity index (χ1) is 11.6. The van der Waals surface area contributed by atoms with Gasteiger partial charge in [0.2, 0.25) is 0 Å². The lowest BCUT2D eigenvalue weighted by molar-refractivity contribution is 0.483. The summed E-state index contributed by atoms with van der Waals surface area (Å²) >= 11 is 12.0. The van der Waals surface area contributed by atoms with Crippen molar-refractivity contribution in [3.63, 3.8) is 0 Å². The van der Waals surface area contributed by atoms with Crippen LogP contribution in [0.25, 0.3) is 6.08 Å². The quantitative estimate of drug-likeness (QED) is 0.552. The highest BCUT2D eigenvalue weighted by Crippen LogP contribution is 2.31. The van der Waals surface area contributed by atoms with Crippen LogP contribution in [0, 0.1) is 0 Å². The number of hydrogen-bond acceptors (Lipinski definition) is 2. The Morgan fingerprint density at radius 1 is 1.17 bits per heavy atom. The molecule has 0 N–H and O–H groups in total. The lowest BCUT2D eigenvalue weighted by Gasteiger charge is -2.08. The van der Waals surface area contributed by atoms with Crippen molar-refractivity contribution in [1.82, 2.24) is 9.55 Å². The lowest BCUT2D eigenvalue weighted by atomic mass is 10.1. The molecule has 0 aliphatic rings. The van der Waals surface area contributed by atoms with Crippen LogP contribution in [0.3, 0.4) is 0 Å². The molecule has 5 heteroatoms. The molecule has 0 saturated carbocycles. The fourth-order valence-electron chi connectivity index (χ4n) is 2.32. The van der Waals surface area contributed by atoms with E-state index in [2.05, 4.69) is 18.0 Å². The molecule has 3 aromatic rings. The van der Waals surface area contributed by atoms with Crippen molar-refractivity contribution in [2.24, 2.45) is 0 Å². The van der Waals surface area contributed by atoms with E-state index >= 15 is 0 Å².